The number of hydrogen-bond acceptors (Lipinski definition) is 1. The van der Waals surface area contributed by atoms with Gasteiger partial charge in [-0.25, -0.2) is 0 Å². The first-order valence-electron chi connectivity index (χ1n) is 8.65. The van der Waals surface area contributed by atoms with Crippen molar-refractivity contribution in [3.8, 4) is 0 Å². The van der Waals surface area contributed by atoms with Crippen molar-refractivity contribution in [3.05, 3.63) is 54.1 Å². The normalized spacial score (nSPS) is 42.0. The molecule has 5 atom stereocenters. The molecule has 1 unspecified atom stereocenters. The number of rotatable bonds is 1. The van der Waals surface area contributed by atoms with E-state index in [0.29, 0.717) is 23.3 Å². The number of para-hydroxylation sites is 1. The van der Waals surface area contributed by atoms with Crippen LogP contribution in [0.4, 0.5) is 5.69 Å². The van der Waals surface area contributed by atoms with E-state index in [2.05, 4.69) is 69.1 Å². The lowest BCUT2D eigenvalue weighted by Gasteiger charge is -2.57. The van der Waals surface area contributed by atoms with Crippen LogP contribution in [0.15, 0.2) is 48.6 Å². The van der Waals surface area contributed by atoms with Gasteiger partial charge in [-0.2, -0.15) is 0 Å². The highest BCUT2D eigenvalue weighted by Gasteiger charge is 2.59. The van der Waals surface area contributed by atoms with E-state index < -0.39 is 0 Å². The van der Waals surface area contributed by atoms with E-state index in [1.807, 2.05) is 0 Å². The molecule has 1 heterocycles. The summed E-state index contributed by atoms with van der Waals surface area (Å²) in [6.07, 6.45) is 8.64. The summed E-state index contributed by atoms with van der Waals surface area (Å²) in [5.41, 5.74) is 4.80. The minimum absolute atomic E-state index is 0.206. The fourth-order valence-electron chi connectivity index (χ4n) is 5.79. The van der Waals surface area contributed by atoms with E-state index in [9.17, 15) is 0 Å². The zero-order valence-electron chi connectivity index (χ0n) is 14.0. The highest BCUT2D eigenvalue weighted by atomic mass is 15.0. The second-order valence-corrected chi connectivity index (χ2v) is 8.20. The molecule has 0 spiro atoms. The third-order valence-electron chi connectivity index (χ3n) is 6.82. The molecule has 116 valence electrons. The summed E-state index contributed by atoms with van der Waals surface area (Å²) in [6.45, 7) is 11.6. The van der Waals surface area contributed by atoms with Gasteiger partial charge < -0.3 is 5.32 Å². The van der Waals surface area contributed by atoms with Crippen molar-refractivity contribution in [3.63, 3.8) is 0 Å². The molecule has 2 aliphatic carbocycles. The summed E-state index contributed by atoms with van der Waals surface area (Å²) in [6, 6.07) is 9.53. The van der Waals surface area contributed by atoms with Gasteiger partial charge in [0.05, 0.1) is 0 Å². The third-order valence-corrected chi connectivity index (χ3v) is 6.82. The number of benzene rings is 1. The molecule has 1 N–H and O–H groups in total. The fraction of sp³-hybridized carbons (Fsp3) is 0.524. The zero-order chi connectivity index (χ0) is 15.5. The molecule has 0 radical (unpaired) electrons. The van der Waals surface area contributed by atoms with Crippen molar-refractivity contribution >= 4 is 5.69 Å². The Labute approximate surface area is 134 Å². The van der Waals surface area contributed by atoms with Crippen molar-refractivity contribution in [1.82, 2.24) is 0 Å². The topological polar surface area (TPSA) is 12.0 Å². The van der Waals surface area contributed by atoms with E-state index in [4.69, 9.17) is 0 Å². The summed E-state index contributed by atoms with van der Waals surface area (Å²) in [5, 5.41) is 3.83. The minimum atomic E-state index is 0.206. The van der Waals surface area contributed by atoms with Crippen LogP contribution in [0.5, 0.6) is 0 Å². The monoisotopic (exact) mass is 293 g/mol. The van der Waals surface area contributed by atoms with Crippen LogP contribution in [0.1, 0.15) is 45.6 Å². The number of allylic oxidation sites excluding steroid dienone is 3. The summed E-state index contributed by atoms with van der Waals surface area (Å²) < 4.78 is 0. The SMILES string of the molecule is C=C(C)[C@@H]1C=CC[C@@]2(C)CC[C@@H]3Nc4ccccc4[C@]3(C)C12. The quantitative estimate of drug-likeness (QED) is 0.692. The Hall–Kier alpha value is -1.50. The van der Waals surface area contributed by atoms with Gasteiger partial charge in [0.25, 0.3) is 0 Å². The van der Waals surface area contributed by atoms with Gasteiger partial charge in [0.15, 0.2) is 0 Å². The predicted molar refractivity (Wildman–Crippen MR) is 94.1 cm³/mol. The molecular formula is C21H27N. The zero-order valence-corrected chi connectivity index (χ0v) is 14.0. The smallest absolute Gasteiger partial charge is 0.0381 e. The molecule has 22 heavy (non-hydrogen) atoms. The largest absolute Gasteiger partial charge is 0.381 e. The number of hydrogen-bond donors (Lipinski definition) is 1. The first-order valence-corrected chi connectivity index (χ1v) is 8.65. The van der Waals surface area contributed by atoms with E-state index >= 15 is 0 Å². The Bertz CT molecular complexity index is 658. The van der Waals surface area contributed by atoms with Gasteiger partial charge in [-0.15, -0.1) is 0 Å². The lowest BCUT2D eigenvalue weighted by atomic mass is 9.46. The standard InChI is InChI=1S/C21H27N/c1-14(2)15-8-7-12-20(3)13-11-18-21(4,19(15)20)16-9-5-6-10-17(16)22-18/h5-10,15,18-19,22H,1,11-13H2,2-4H3/t15-,18-,19?,20-,21-/m0/s1. The lowest BCUT2D eigenvalue weighted by molar-refractivity contribution is 0.0103. The Morgan fingerprint density at radius 1 is 1.27 bits per heavy atom. The molecule has 3 aliphatic rings. The van der Waals surface area contributed by atoms with Crippen LogP contribution in [-0.2, 0) is 5.41 Å². The average Bonchev–Trinajstić information content (AvgIpc) is 2.79. The molecule has 0 aromatic heterocycles. The van der Waals surface area contributed by atoms with E-state index in [1.165, 1.54) is 36.1 Å². The molecule has 1 aliphatic heterocycles. The molecule has 1 aromatic carbocycles. The maximum Gasteiger partial charge on any atom is 0.0381 e. The maximum absolute atomic E-state index is 4.33. The first-order chi connectivity index (χ1) is 10.5. The van der Waals surface area contributed by atoms with Crippen molar-refractivity contribution in [1.29, 1.82) is 0 Å². The van der Waals surface area contributed by atoms with Gasteiger partial charge in [-0.1, -0.05) is 56.4 Å². The predicted octanol–water partition coefficient (Wildman–Crippen LogP) is 5.31. The minimum Gasteiger partial charge on any atom is -0.381 e. The molecule has 1 nitrogen and oxygen atoms in total. The molecule has 1 aromatic rings. The maximum atomic E-state index is 4.33. The Kier molecular flexibility index (Phi) is 2.89. The van der Waals surface area contributed by atoms with Gasteiger partial charge in [0.1, 0.15) is 0 Å². The average molecular weight is 293 g/mol. The molecule has 1 fully saturated rings. The Balaban J connectivity index is 1.91. The second-order valence-electron chi connectivity index (χ2n) is 8.20. The van der Waals surface area contributed by atoms with Gasteiger partial charge in [0.2, 0.25) is 0 Å². The van der Waals surface area contributed by atoms with Crippen LogP contribution in [0, 0.1) is 17.3 Å². The summed E-state index contributed by atoms with van der Waals surface area (Å²) in [5.74, 6) is 1.14. The molecule has 4 rings (SSSR count). The number of anilines is 1. The fourth-order valence-corrected chi connectivity index (χ4v) is 5.79. The Morgan fingerprint density at radius 2 is 2.05 bits per heavy atom. The molecule has 1 heteroatoms. The van der Waals surface area contributed by atoms with Crippen LogP contribution >= 0.6 is 0 Å². The summed E-state index contributed by atoms with van der Waals surface area (Å²) in [7, 11) is 0. The van der Waals surface area contributed by atoms with Crippen molar-refractivity contribution in [2.24, 2.45) is 17.3 Å². The number of nitrogens with one attached hydrogen (secondary N) is 1. The van der Waals surface area contributed by atoms with E-state index in [-0.39, 0.29) is 5.41 Å². The highest BCUT2D eigenvalue weighted by Crippen LogP contribution is 2.63. The lowest BCUT2D eigenvalue weighted by Crippen LogP contribution is -2.57. The third kappa shape index (κ3) is 1.66. The second kappa shape index (κ2) is 4.50. The van der Waals surface area contributed by atoms with Crippen LogP contribution in [0.3, 0.4) is 0 Å². The summed E-state index contributed by atoms with van der Waals surface area (Å²) in [4.78, 5) is 0. The molecule has 0 bridgehead atoms. The van der Waals surface area contributed by atoms with Crippen molar-refractivity contribution in [2.75, 3.05) is 5.32 Å². The number of fused-ring (bicyclic) bond motifs is 5. The molecule has 1 saturated carbocycles. The van der Waals surface area contributed by atoms with E-state index in [0.717, 1.165) is 0 Å². The van der Waals surface area contributed by atoms with Gasteiger partial charge in [0, 0.05) is 23.1 Å². The highest BCUT2D eigenvalue weighted by molar-refractivity contribution is 5.63. The van der Waals surface area contributed by atoms with Gasteiger partial charge in [-0.05, 0) is 49.1 Å². The first kappa shape index (κ1) is 14.1. The van der Waals surface area contributed by atoms with E-state index in [1.54, 1.807) is 0 Å². The molecular weight excluding hydrogens is 266 g/mol. The van der Waals surface area contributed by atoms with Crippen LogP contribution in [0.2, 0.25) is 0 Å². The van der Waals surface area contributed by atoms with Crippen molar-refractivity contribution < 1.29 is 0 Å². The van der Waals surface area contributed by atoms with Crippen molar-refractivity contribution in [2.45, 2.75) is 51.5 Å². The van der Waals surface area contributed by atoms with Gasteiger partial charge >= 0.3 is 0 Å². The van der Waals surface area contributed by atoms with Gasteiger partial charge in [-0.3, -0.25) is 0 Å². The van der Waals surface area contributed by atoms with Crippen LogP contribution in [0.25, 0.3) is 0 Å². The summed E-state index contributed by atoms with van der Waals surface area (Å²) >= 11 is 0. The van der Waals surface area contributed by atoms with Crippen LogP contribution in [-0.4, -0.2) is 6.04 Å². The Morgan fingerprint density at radius 3 is 2.82 bits per heavy atom. The molecule has 0 amide bonds. The molecule has 0 saturated heterocycles. The van der Waals surface area contributed by atoms with Crippen LogP contribution < -0.4 is 5.32 Å².